The van der Waals surface area contributed by atoms with Gasteiger partial charge in [-0.05, 0) is 42.3 Å². The van der Waals surface area contributed by atoms with Crippen LogP contribution < -0.4 is 9.62 Å². The van der Waals surface area contributed by atoms with Gasteiger partial charge in [-0.2, -0.15) is 0 Å². The number of nitrogens with zero attached hydrogens (tertiary/aromatic N) is 1. The molecule has 1 saturated heterocycles. The van der Waals surface area contributed by atoms with Gasteiger partial charge in [-0.3, -0.25) is 9.52 Å². The summed E-state index contributed by atoms with van der Waals surface area (Å²) in [5.74, 6) is -0.0759. The summed E-state index contributed by atoms with van der Waals surface area (Å²) in [6.07, 6.45) is 1.36. The molecule has 0 unspecified atom stereocenters. The second kappa shape index (κ2) is 6.83. The van der Waals surface area contributed by atoms with Crippen LogP contribution in [0, 0.1) is 0 Å². The number of hydrogen-bond acceptors (Lipinski definition) is 3. The fraction of sp³-hybridized carbons (Fsp3) is 0.235. The van der Waals surface area contributed by atoms with E-state index in [2.05, 4.69) is 4.72 Å². The Morgan fingerprint density at radius 1 is 1.12 bits per heavy atom. The second-order valence-corrected chi connectivity index (χ2v) is 7.85. The normalized spacial score (nSPS) is 14.9. The predicted octanol–water partition coefficient (Wildman–Crippen LogP) is 3.41. The quantitative estimate of drug-likeness (QED) is 0.884. The van der Waals surface area contributed by atoms with Crippen LogP contribution in [-0.4, -0.2) is 20.9 Å². The van der Waals surface area contributed by atoms with E-state index in [0.717, 1.165) is 6.42 Å². The molecule has 2 aromatic rings. The number of carbonyl (C=O) groups is 1. The van der Waals surface area contributed by atoms with Gasteiger partial charge in [0.1, 0.15) is 0 Å². The maximum atomic E-state index is 12.3. The van der Waals surface area contributed by atoms with Crippen LogP contribution in [0.15, 0.2) is 48.5 Å². The zero-order valence-electron chi connectivity index (χ0n) is 12.9. The van der Waals surface area contributed by atoms with E-state index in [1.54, 1.807) is 53.4 Å². The zero-order valence-corrected chi connectivity index (χ0v) is 14.5. The van der Waals surface area contributed by atoms with Crippen molar-refractivity contribution in [2.75, 3.05) is 16.2 Å². The molecule has 0 aromatic heterocycles. The van der Waals surface area contributed by atoms with Crippen LogP contribution in [0.2, 0.25) is 5.02 Å². The number of halogens is 1. The SMILES string of the molecule is O=C1CCCN1c1cccc(NS(=O)(=O)Cc2ccc(Cl)cc2)c1. The van der Waals surface area contributed by atoms with E-state index in [0.29, 0.717) is 34.9 Å². The van der Waals surface area contributed by atoms with Crippen LogP contribution >= 0.6 is 11.6 Å². The number of rotatable bonds is 5. The molecule has 2 aromatic carbocycles. The lowest BCUT2D eigenvalue weighted by Gasteiger charge is -2.17. The van der Waals surface area contributed by atoms with Gasteiger partial charge >= 0.3 is 0 Å². The van der Waals surface area contributed by atoms with E-state index in [4.69, 9.17) is 11.6 Å². The van der Waals surface area contributed by atoms with Crippen molar-refractivity contribution in [3.63, 3.8) is 0 Å². The molecule has 0 bridgehead atoms. The van der Waals surface area contributed by atoms with Gasteiger partial charge in [-0.1, -0.05) is 29.8 Å². The van der Waals surface area contributed by atoms with Gasteiger partial charge in [0.15, 0.2) is 0 Å². The molecule has 0 radical (unpaired) electrons. The second-order valence-electron chi connectivity index (χ2n) is 5.69. The lowest BCUT2D eigenvalue weighted by atomic mass is 10.2. The van der Waals surface area contributed by atoms with Crippen LogP contribution in [0.4, 0.5) is 11.4 Å². The van der Waals surface area contributed by atoms with E-state index in [1.165, 1.54) is 0 Å². The number of nitrogens with one attached hydrogen (secondary N) is 1. The van der Waals surface area contributed by atoms with Crippen LogP contribution in [-0.2, 0) is 20.6 Å². The minimum absolute atomic E-state index is 0.0659. The summed E-state index contributed by atoms with van der Waals surface area (Å²) in [7, 11) is -3.55. The summed E-state index contributed by atoms with van der Waals surface area (Å²) in [5, 5.41) is 0.562. The molecule has 1 aliphatic rings. The summed E-state index contributed by atoms with van der Waals surface area (Å²) >= 11 is 5.81. The van der Waals surface area contributed by atoms with E-state index < -0.39 is 10.0 Å². The van der Waals surface area contributed by atoms with Gasteiger partial charge in [0.05, 0.1) is 11.4 Å². The Hall–Kier alpha value is -2.05. The van der Waals surface area contributed by atoms with Crippen molar-refractivity contribution in [1.82, 2.24) is 0 Å². The predicted molar refractivity (Wildman–Crippen MR) is 95.7 cm³/mol. The van der Waals surface area contributed by atoms with E-state index in [9.17, 15) is 13.2 Å². The monoisotopic (exact) mass is 364 g/mol. The number of carbonyl (C=O) groups excluding carboxylic acids is 1. The highest BCUT2D eigenvalue weighted by Crippen LogP contribution is 2.25. The Balaban J connectivity index is 1.75. The molecule has 126 valence electrons. The third kappa shape index (κ3) is 4.07. The lowest BCUT2D eigenvalue weighted by Crippen LogP contribution is -2.23. The van der Waals surface area contributed by atoms with E-state index in [-0.39, 0.29) is 11.7 Å². The summed E-state index contributed by atoms with van der Waals surface area (Å²) in [6, 6.07) is 13.6. The number of amides is 1. The Morgan fingerprint density at radius 2 is 1.88 bits per heavy atom. The lowest BCUT2D eigenvalue weighted by molar-refractivity contribution is -0.117. The van der Waals surface area contributed by atoms with Crippen LogP contribution in [0.1, 0.15) is 18.4 Å². The fourth-order valence-electron chi connectivity index (χ4n) is 2.67. The molecule has 1 N–H and O–H groups in total. The average Bonchev–Trinajstić information content (AvgIpc) is 2.95. The average molecular weight is 365 g/mol. The Labute approximate surface area is 146 Å². The molecule has 1 heterocycles. The highest BCUT2D eigenvalue weighted by Gasteiger charge is 2.22. The number of sulfonamides is 1. The summed E-state index contributed by atoms with van der Waals surface area (Å²) < 4.78 is 27.2. The van der Waals surface area contributed by atoms with Crippen molar-refractivity contribution < 1.29 is 13.2 Å². The van der Waals surface area contributed by atoms with Crippen molar-refractivity contribution in [1.29, 1.82) is 0 Å². The number of hydrogen-bond donors (Lipinski definition) is 1. The van der Waals surface area contributed by atoms with Crippen molar-refractivity contribution in [3.05, 3.63) is 59.1 Å². The molecule has 0 saturated carbocycles. The van der Waals surface area contributed by atoms with Crippen molar-refractivity contribution >= 4 is 38.9 Å². The van der Waals surface area contributed by atoms with Gasteiger partial charge in [-0.15, -0.1) is 0 Å². The molecular formula is C17H17ClN2O3S. The number of benzene rings is 2. The minimum atomic E-state index is -3.55. The third-order valence-electron chi connectivity index (χ3n) is 3.77. The molecular weight excluding hydrogens is 348 g/mol. The van der Waals surface area contributed by atoms with Crippen LogP contribution in [0.3, 0.4) is 0 Å². The number of anilines is 2. The summed E-state index contributed by atoms with van der Waals surface area (Å²) in [6.45, 7) is 0.666. The first-order chi connectivity index (χ1) is 11.4. The third-order valence-corrected chi connectivity index (χ3v) is 5.29. The van der Waals surface area contributed by atoms with Gasteiger partial charge in [0.25, 0.3) is 0 Å². The summed E-state index contributed by atoms with van der Waals surface area (Å²) in [5.41, 5.74) is 1.81. The Kier molecular flexibility index (Phi) is 4.78. The zero-order chi connectivity index (χ0) is 17.2. The molecule has 5 nitrogen and oxygen atoms in total. The molecule has 0 atom stereocenters. The smallest absolute Gasteiger partial charge is 0.236 e. The van der Waals surface area contributed by atoms with E-state index >= 15 is 0 Å². The van der Waals surface area contributed by atoms with Gasteiger partial charge in [0, 0.05) is 23.7 Å². The van der Waals surface area contributed by atoms with Crippen molar-refractivity contribution in [2.24, 2.45) is 0 Å². The molecule has 0 spiro atoms. The molecule has 1 fully saturated rings. The van der Waals surface area contributed by atoms with Crippen LogP contribution in [0.5, 0.6) is 0 Å². The molecule has 0 aliphatic carbocycles. The molecule has 1 aliphatic heterocycles. The summed E-state index contributed by atoms with van der Waals surface area (Å²) in [4.78, 5) is 13.5. The van der Waals surface area contributed by atoms with Crippen LogP contribution in [0.25, 0.3) is 0 Å². The highest BCUT2D eigenvalue weighted by molar-refractivity contribution is 7.91. The van der Waals surface area contributed by atoms with Crippen molar-refractivity contribution in [2.45, 2.75) is 18.6 Å². The molecule has 7 heteroatoms. The highest BCUT2D eigenvalue weighted by atomic mass is 35.5. The standard InChI is InChI=1S/C17H17ClN2O3S/c18-14-8-6-13(7-9-14)12-24(22,23)19-15-3-1-4-16(11-15)20-10-2-5-17(20)21/h1,3-4,6-9,11,19H,2,5,10,12H2. The van der Waals surface area contributed by atoms with Gasteiger partial charge in [0.2, 0.25) is 15.9 Å². The largest absolute Gasteiger partial charge is 0.312 e. The first-order valence-electron chi connectivity index (χ1n) is 7.58. The molecule has 3 rings (SSSR count). The molecule has 24 heavy (non-hydrogen) atoms. The Morgan fingerprint density at radius 3 is 2.54 bits per heavy atom. The maximum absolute atomic E-state index is 12.3. The van der Waals surface area contributed by atoms with Crippen molar-refractivity contribution in [3.8, 4) is 0 Å². The first-order valence-corrected chi connectivity index (χ1v) is 9.61. The first kappa shape index (κ1) is 16.8. The fourth-order valence-corrected chi connectivity index (χ4v) is 3.99. The van der Waals surface area contributed by atoms with E-state index in [1.807, 2.05) is 0 Å². The Bertz CT molecular complexity index is 850. The topological polar surface area (TPSA) is 66.5 Å². The maximum Gasteiger partial charge on any atom is 0.236 e. The minimum Gasteiger partial charge on any atom is -0.312 e. The molecule has 1 amide bonds. The van der Waals surface area contributed by atoms with Gasteiger partial charge < -0.3 is 4.90 Å². The van der Waals surface area contributed by atoms with Gasteiger partial charge in [-0.25, -0.2) is 8.42 Å².